The molecular weight excluding hydrogens is 344 g/mol. The molecule has 0 spiro atoms. The van der Waals surface area contributed by atoms with Crippen LogP contribution in [0.3, 0.4) is 0 Å². The summed E-state index contributed by atoms with van der Waals surface area (Å²) in [7, 11) is 5.23. The molecule has 1 saturated heterocycles. The Morgan fingerprint density at radius 2 is 1.93 bits per heavy atom. The molecule has 8 nitrogen and oxygen atoms in total. The molecule has 0 unspecified atom stereocenters. The molecule has 0 amide bonds. The summed E-state index contributed by atoms with van der Waals surface area (Å²) in [6.45, 7) is 2.54. The summed E-state index contributed by atoms with van der Waals surface area (Å²) in [5.74, 6) is 3.13. The van der Waals surface area contributed by atoms with Crippen LogP contribution in [0.1, 0.15) is 18.4 Å². The lowest BCUT2D eigenvalue weighted by molar-refractivity contribution is 0.399. The maximum absolute atomic E-state index is 5.48. The Hall–Kier alpha value is -3.03. The third-order valence-corrected chi connectivity index (χ3v) is 4.90. The highest BCUT2D eigenvalue weighted by Gasteiger charge is 2.19. The van der Waals surface area contributed by atoms with Gasteiger partial charge >= 0.3 is 0 Å². The zero-order valence-corrected chi connectivity index (χ0v) is 15.9. The number of ether oxygens (including phenoxy) is 2. The molecule has 3 aromatic rings. The molecule has 8 heteroatoms. The zero-order chi connectivity index (χ0) is 18.8. The average molecular weight is 368 g/mol. The van der Waals surface area contributed by atoms with E-state index in [1.807, 2.05) is 25.2 Å². The minimum Gasteiger partial charge on any atom is -0.497 e. The summed E-state index contributed by atoms with van der Waals surface area (Å²) in [6, 6.07) is 5.76. The Labute approximate surface area is 158 Å². The van der Waals surface area contributed by atoms with E-state index in [0.717, 1.165) is 53.0 Å². The second kappa shape index (κ2) is 7.30. The van der Waals surface area contributed by atoms with Crippen LogP contribution >= 0.6 is 0 Å². The fourth-order valence-corrected chi connectivity index (χ4v) is 3.40. The van der Waals surface area contributed by atoms with Crippen molar-refractivity contribution in [3.05, 3.63) is 30.0 Å². The van der Waals surface area contributed by atoms with E-state index in [9.17, 15) is 0 Å². The summed E-state index contributed by atoms with van der Waals surface area (Å²) in [6.07, 6.45) is 4.15. The van der Waals surface area contributed by atoms with Gasteiger partial charge in [0.15, 0.2) is 5.65 Å². The van der Waals surface area contributed by atoms with E-state index in [1.165, 1.54) is 12.8 Å². The molecular formula is C19H24N6O2. The number of benzene rings is 1. The number of aromatic nitrogens is 4. The number of rotatable bonds is 6. The molecule has 0 bridgehead atoms. The number of hydrogen-bond acceptors (Lipinski definition) is 7. The van der Waals surface area contributed by atoms with Gasteiger partial charge < -0.3 is 19.7 Å². The van der Waals surface area contributed by atoms with Crippen LogP contribution in [-0.2, 0) is 13.6 Å². The fourth-order valence-electron chi connectivity index (χ4n) is 3.40. The van der Waals surface area contributed by atoms with E-state index in [1.54, 1.807) is 25.1 Å². The summed E-state index contributed by atoms with van der Waals surface area (Å²) in [4.78, 5) is 11.7. The van der Waals surface area contributed by atoms with Crippen LogP contribution in [0.5, 0.6) is 11.5 Å². The first-order chi connectivity index (χ1) is 13.2. The largest absolute Gasteiger partial charge is 0.497 e. The van der Waals surface area contributed by atoms with Gasteiger partial charge in [0.25, 0.3) is 0 Å². The lowest BCUT2D eigenvalue weighted by Gasteiger charge is -2.17. The van der Waals surface area contributed by atoms with Crippen molar-refractivity contribution in [3.8, 4) is 11.5 Å². The lowest BCUT2D eigenvalue weighted by atomic mass is 10.2. The minimum absolute atomic E-state index is 0.556. The van der Waals surface area contributed by atoms with Crippen molar-refractivity contribution < 1.29 is 9.47 Å². The second-order valence-corrected chi connectivity index (χ2v) is 6.60. The van der Waals surface area contributed by atoms with Gasteiger partial charge in [-0.05, 0) is 31.0 Å². The maximum Gasteiger partial charge on any atom is 0.229 e. The Balaban J connectivity index is 1.67. The predicted molar refractivity (Wildman–Crippen MR) is 105 cm³/mol. The standard InChI is InChI=1S/C19H24N6O2/c1-24-18-15(12-21-24)17(22-19(23-18)25-8-4-5-9-25)20-11-13-10-14(26-2)6-7-16(13)27-3/h6-7,10,12H,4-5,8-9,11H2,1-3H3,(H,20,22,23). The summed E-state index contributed by atoms with van der Waals surface area (Å²) >= 11 is 0. The van der Waals surface area contributed by atoms with Crippen LogP contribution in [0.2, 0.25) is 0 Å². The molecule has 0 radical (unpaired) electrons. The second-order valence-electron chi connectivity index (χ2n) is 6.60. The van der Waals surface area contributed by atoms with Gasteiger partial charge in [0, 0.05) is 32.2 Å². The van der Waals surface area contributed by atoms with Crippen molar-refractivity contribution in [2.24, 2.45) is 7.05 Å². The van der Waals surface area contributed by atoms with Crippen LogP contribution in [0.25, 0.3) is 11.0 Å². The number of fused-ring (bicyclic) bond motifs is 1. The molecule has 1 aromatic carbocycles. The van der Waals surface area contributed by atoms with E-state index in [2.05, 4.69) is 15.3 Å². The Morgan fingerprint density at radius 1 is 1.11 bits per heavy atom. The van der Waals surface area contributed by atoms with Crippen LogP contribution in [0.4, 0.5) is 11.8 Å². The van der Waals surface area contributed by atoms with Gasteiger partial charge in [-0.3, -0.25) is 4.68 Å². The summed E-state index contributed by atoms with van der Waals surface area (Å²) in [5.41, 5.74) is 1.82. The fraction of sp³-hybridized carbons (Fsp3) is 0.421. The molecule has 0 saturated carbocycles. The van der Waals surface area contributed by atoms with Crippen molar-refractivity contribution in [1.82, 2.24) is 19.7 Å². The van der Waals surface area contributed by atoms with Gasteiger partial charge in [-0.25, -0.2) is 0 Å². The molecule has 3 heterocycles. The normalized spacial score (nSPS) is 14.0. The number of methoxy groups -OCH3 is 2. The van der Waals surface area contributed by atoms with Crippen LogP contribution in [0.15, 0.2) is 24.4 Å². The first kappa shape index (κ1) is 17.4. The van der Waals surface area contributed by atoms with Gasteiger partial charge in [-0.1, -0.05) is 0 Å². The van der Waals surface area contributed by atoms with Gasteiger partial charge in [-0.15, -0.1) is 0 Å². The van der Waals surface area contributed by atoms with Gasteiger partial charge in [-0.2, -0.15) is 15.1 Å². The first-order valence-electron chi connectivity index (χ1n) is 9.09. The molecule has 1 aliphatic rings. The number of anilines is 2. The lowest BCUT2D eigenvalue weighted by Crippen LogP contribution is -2.21. The van der Waals surface area contributed by atoms with E-state index in [4.69, 9.17) is 19.4 Å². The number of nitrogens with zero attached hydrogens (tertiary/aromatic N) is 5. The van der Waals surface area contributed by atoms with E-state index in [0.29, 0.717) is 6.54 Å². The Bertz CT molecular complexity index is 949. The molecule has 0 aliphatic carbocycles. The van der Waals surface area contributed by atoms with Crippen LogP contribution < -0.4 is 19.7 Å². The van der Waals surface area contributed by atoms with Crippen molar-refractivity contribution in [3.63, 3.8) is 0 Å². The van der Waals surface area contributed by atoms with Crippen molar-refractivity contribution in [2.75, 3.05) is 37.5 Å². The molecule has 142 valence electrons. The smallest absolute Gasteiger partial charge is 0.229 e. The topological polar surface area (TPSA) is 77.3 Å². The highest BCUT2D eigenvalue weighted by atomic mass is 16.5. The number of nitrogens with one attached hydrogen (secondary N) is 1. The van der Waals surface area contributed by atoms with Crippen LogP contribution in [0, 0.1) is 0 Å². The average Bonchev–Trinajstić information content (AvgIpc) is 3.36. The molecule has 4 rings (SSSR count). The summed E-state index contributed by atoms with van der Waals surface area (Å²) in [5, 5.41) is 8.70. The monoisotopic (exact) mass is 368 g/mol. The van der Waals surface area contributed by atoms with E-state index in [-0.39, 0.29) is 0 Å². The molecule has 1 aliphatic heterocycles. The number of hydrogen-bond donors (Lipinski definition) is 1. The van der Waals surface area contributed by atoms with Gasteiger partial charge in [0.05, 0.1) is 25.8 Å². The third-order valence-electron chi connectivity index (χ3n) is 4.90. The van der Waals surface area contributed by atoms with Crippen molar-refractivity contribution >= 4 is 22.8 Å². The highest BCUT2D eigenvalue weighted by Crippen LogP contribution is 2.28. The van der Waals surface area contributed by atoms with E-state index >= 15 is 0 Å². The van der Waals surface area contributed by atoms with E-state index < -0.39 is 0 Å². The zero-order valence-electron chi connectivity index (χ0n) is 15.9. The quantitative estimate of drug-likeness (QED) is 0.716. The predicted octanol–water partition coefficient (Wildman–Crippen LogP) is 2.59. The minimum atomic E-state index is 0.556. The summed E-state index contributed by atoms with van der Waals surface area (Å²) < 4.78 is 12.6. The van der Waals surface area contributed by atoms with Crippen molar-refractivity contribution in [1.29, 1.82) is 0 Å². The molecule has 27 heavy (non-hydrogen) atoms. The molecule has 1 fully saturated rings. The Morgan fingerprint density at radius 3 is 2.67 bits per heavy atom. The van der Waals surface area contributed by atoms with Crippen LogP contribution in [-0.4, -0.2) is 47.1 Å². The maximum atomic E-state index is 5.48. The molecule has 2 aromatic heterocycles. The molecule has 0 atom stereocenters. The Kier molecular flexibility index (Phi) is 4.70. The third kappa shape index (κ3) is 3.34. The van der Waals surface area contributed by atoms with Gasteiger partial charge in [0.1, 0.15) is 17.3 Å². The highest BCUT2D eigenvalue weighted by molar-refractivity contribution is 5.87. The number of aryl methyl sites for hydroxylation is 1. The SMILES string of the molecule is COc1ccc(OC)c(CNc2nc(N3CCCC3)nc3c2cnn3C)c1. The van der Waals surface area contributed by atoms with Crippen molar-refractivity contribution in [2.45, 2.75) is 19.4 Å². The van der Waals surface area contributed by atoms with Gasteiger partial charge in [0.2, 0.25) is 5.95 Å². The molecule has 1 N–H and O–H groups in total. The first-order valence-corrected chi connectivity index (χ1v) is 9.09.